The van der Waals surface area contributed by atoms with Crippen molar-refractivity contribution in [2.24, 2.45) is 0 Å². The number of alkyl halides is 2. The highest BCUT2D eigenvalue weighted by atomic mass is 19.3. The second-order valence-electron chi connectivity index (χ2n) is 8.13. The number of hydrogen-bond acceptors (Lipinski definition) is 4. The Morgan fingerprint density at radius 2 is 2.03 bits per heavy atom. The van der Waals surface area contributed by atoms with Crippen LogP contribution in [0, 0.1) is 6.92 Å². The zero-order valence-electron chi connectivity index (χ0n) is 17.7. The second-order valence-corrected chi connectivity index (χ2v) is 8.13. The topological polar surface area (TPSA) is 50.6 Å². The van der Waals surface area contributed by atoms with Crippen molar-refractivity contribution in [3.63, 3.8) is 0 Å². The van der Waals surface area contributed by atoms with Gasteiger partial charge in [-0.25, -0.2) is 8.78 Å². The first-order chi connectivity index (χ1) is 14.4. The fraction of sp³-hybridized carbons (Fsp3) is 0.545. The summed E-state index contributed by atoms with van der Waals surface area (Å²) in [5.74, 6) is 0.759. The summed E-state index contributed by atoms with van der Waals surface area (Å²) in [5, 5.41) is 4.94. The van der Waals surface area contributed by atoms with E-state index in [4.69, 9.17) is 9.84 Å². The zero-order chi connectivity index (χ0) is 21.4. The van der Waals surface area contributed by atoms with Gasteiger partial charge in [-0.2, -0.15) is 5.10 Å². The largest absolute Gasteiger partial charge is 0.381 e. The van der Waals surface area contributed by atoms with Gasteiger partial charge in [0.1, 0.15) is 0 Å². The molecule has 1 amide bonds. The summed E-state index contributed by atoms with van der Waals surface area (Å²) < 4.78 is 34.5. The van der Waals surface area contributed by atoms with E-state index in [1.807, 2.05) is 22.9 Å². The number of hydrogen-bond donors (Lipinski definition) is 0. The molecular formula is C22H28F2N4O2. The van der Waals surface area contributed by atoms with Crippen molar-refractivity contribution in [1.82, 2.24) is 14.7 Å². The second kappa shape index (κ2) is 8.34. The Kier molecular flexibility index (Phi) is 5.77. The number of benzene rings is 1. The van der Waals surface area contributed by atoms with Crippen molar-refractivity contribution in [2.45, 2.75) is 52.1 Å². The maximum absolute atomic E-state index is 13.4. The SMILES string of the molecule is CC(=O)N1CCc2c(c(N(C)c3ccc(C)c(C(F)F)c3)nn2C2CCOCC2)C1. The quantitative estimate of drug-likeness (QED) is 0.749. The van der Waals surface area contributed by atoms with E-state index in [2.05, 4.69) is 4.68 Å². The monoisotopic (exact) mass is 418 g/mol. The molecule has 1 fully saturated rings. The van der Waals surface area contributed by atoms with Crippen molar-refractivity contribution in [3.05, 3.63) is 40.6 Å². The normalized spacial score (nSPS) is 17.3. The van der Waals surface area contributed by atoms with Crippen LogP contribution in [-0.4, -0.2) is 47.4 Å². The molecule has 0 atom stereocenters. The first-order valence-electron chi connectivity index (χ1n) is 10.4. The molecule has 2 aliphatic heterocycles. The van der Waals surface area contributed by atoms with Gasteiger partial charge in [-0.05, 0) is 37.5 Å². The van der Waals surface area contributed by atoms with Crippen molar-refractivity contribution >= 4 is 17.4 Å². The molecular weight excluding hydrogens is 390 g/mol. The first-order valence-corrected chi connectivity index (χ1v) is 10.4. The Morgan fingerprint density at radius 3 is 2.70 bits per heavy atom. The third-order valence-corrected chi connectivity index (χ3v) is 6.25. The highest BCUT2D eigenvalue weighted by Crippen LogP contribution is 2.37. The highest BCUT2D eigenvalue weighted by Gasteiger charge is 2.31. The number of amides is 1. The van der Waals surface area contributed by atoms with Gasteiger partial charge < -0.3 is 14.5 Å². The van der Waals surface area contributed by atoms with E-state index in [9.17, 15) is 13.6 Å². The van der Waals surface area contributed by atoms with E-state index in [1.165, 1.54) is 6.07 Å². The number of carbonyl (C=O) groups excluding carboxylic acids is 1. The van der Waals surface area contributed by atoms with Crippen LogP contribution in [0.25, 0.3) is 0 Å². The number of aryl methyl sites for hydroxylation is 1. The lowest BCUT2D eigenvalue weighted by Crippen LogP contribution is -2.35. The van der Waals surface area contributed by atoms with Gasteiger partial charge in [-0.15, -0.1) is 0 Å². The van der Waals surface area contributed by atoms with E-state index in [1.54, 1.807) is 19.9 Å². The minimum atomic E-state index is -2.53. The maximum atomic E-state index is 13.4. The van der Waals surface area contributed by atoms with E-state index in [0.29, 0.717) is 37.6 Å². The fourth-order valence-corrected chi connectivity index (χ4v) is 4.39. The van der Waals surface area contributed by atoms with Gasteiger partial charge >= 0.3 is 0 Å². The summed E-state index contributed by atoms with van der Waals surface area (Å²) in [5.41, 5.74) is 3.41. The van der Waals surface area contributed by atoms with E-state index in [0.717, 1.165) is 36.3 Å². The number of halogens is 2. The molecule has 0 aliphatic carbocycles. The molecule has 0 saturated carbocycles. The minimum Gasteiger partial charge on any atom is -0.381 e. The first kappa shape index (κ1) is 20.8. The molecule has 162 valence electrons. The molecule has 30 heavy (non-hydrogen) atoms. The molecule has 2 aromatic rings. The number of nitrogens with zero attached hydrogens (tertiary/aromatic N) is 4. The number of anilines is 2. The molecule has 1 saturated heterocycles. The number of carbonyl (C=O) groups is 1. The van der Waals surface area contributed by atoms with Gasteiger partial charge in [-0.3, -0.25) is 9.48 Å². The lowest BCUT2D eigenvalue weighted by molar-refractivity contribution is -0.129. The predicted molar refractivity (Wildman–Crippen MR) is 110 cm³/mol. The van der Waals surface area contributed by atoms with Crippen molar-refractivity contribution in [1.29, 1.82) is 0 Å². The molecule has 6 nitrogen and oxygen atoms in total. The average Bonchev–Trinajstić information content (AvgIpc) is 3.13. The lowest BCUT2D eigenvalue weighted by atomic mass is 10.0. The third kappa shape index (κ3) is 3.80. The van der Waals surface area contributed by atoms with Crippen LogP contribution in [0.3, 0.4) is 0 Å². The van der Waals surface area contributed by atoms with E-state index < -0.39 is 6.43 Å². The number of rotatable bonds is 4. The van der Waals surface area contributed by atoms with Crippen molar-refractivity contribution in [2.75, 3.05) is 31.7 Å². The van der Waals surface area contributed by atoms with Gasteiger partial charge in [0.05, 0.1) is 12.6 Å². The van der Waals surface area contributed by atoms with Crippen LogP contribution < -0.4 is 4.90 Å². The summed E-state index contributed by atoms with van der Waals surface area (Å²) in [7, 11) is 1.85. The zero-order valence-corrected chi connectivity index (χ0v) is 17.7. The molecule has 1 aromatic heterocycles. The predicted octanol–water partition coefficient (Wildman–Crippen LogP) is 4.15. The van der Waals surface area contributed by atoms with E-state index >= 15 is 0 Å². The van der Waals surface area contributed by atoms with Gasteiger partial charge in [0.15, 0.2) is 5.82 Å². The molecule has 0 bridgehead atoms. The molecule has 8 heteroatoms. The Bertz CT molecular complexity index is 937. The van der Waals surface area contributed by atoms with E-state index in [-0.39, 0.29) is 17.5 Å². The van der Waals surface area contributed by atoms with Crippen molar-refractivity contribution < 1.29 is 18.3 Å². The molecule has 1 aromatic carbocycles. The standard InChI is InChI=1S/C22H28F2N4O2/c1-14-4-5-17(12-18(14)21(23)24)26(3)22-19-13-27(15(2)29)9-6-20(19)28(25-22)16-7-10-30-11-8-16/h4-5,12,16,21H,6-11,13H2,1-3H3. The van der Waals surface area contributed by atoms with Crippen LogP contribution in [0.1, 0.15) is 54.6 Å². The molecule has 0 N–H and O–H groups in total. The Hall–Kier alpha value is -2.48. The molecule has 0 radical (unpaired) electrons. The Labute approximate surface area is 175 Å². The summed E-state index contributed by atoms with van der Waals surface area (Å²) in [6, 6.07) is 5.35. The van der Waals surface area contributed by atoms with Crippen molar-refractivity contribution in [3.8, 4) is 0 Å². The average molecular weight is 418 g/mol. The van der Waals surface area contributed by atoms with Crippen LogP contribution in [0.4, 0.5) is 20.3 Å². The minimum absolute atomic E-state index is 0.0300. The summed E-state index contributed by atoms with van der Waals surface area (Å²) in [6.45, 7) is 5.84. The van der Waals surface area contributed by atoms with Gasteiger partial charge in [-0.1, -0.05) is 6.07 Å². The number of ether oxygens (including phenoxy) is 1. The third-order valence-electron chi connectivity index (χ3n) is 6.25. The molecule has 2 aliphatic rings. The highest BCUT2D eigenvalue weighted by molar-refractivity contribution is 5.74. The van der Waals surface area contributed by atoms with Crippen LogP contribution in [0.15, 0.2) is 18.2 Å². The lowest BCUT2D eigenvalue weighted by Gasteiger charge is -2.29. The van der Waals surface area contributed by atoms with Crippen LogP contribution in [0.2, 0.25) is 0 Å². The Balaban J connectivity index is 1.76. The summed E-state index contributed by atoms with van der Waals surface area (Å²) >= 11 is 0. The summed E-state index contributed by atoms with van der Waals surface area (Å²) in [6.07, 6.45) is 0.00502. The molecule has 4 rings (SSSR count). The van der Waals surface area contributed by atoms with Gasteiger partial charge in [0, 0.05) is 62.7 Å². The molecule has 0 unspecified atom stereocenters. The smallest absolute Gasteiger partial charge is 0.264 e. The fourth-order valence-electron chi connectivity index (χ4n) is 4.39. The van der Waals surface area contributed by atoms with Gasteiger partial charge in [0.25, 0.3) is 6.43 Å². The summed E-state index contributed by atoms with van der Waals surface area (Å²) in [4.78, 5) is 15.7. The maximum Gasteiger partial charge on any atom is 0.264 e. The van der Waals surface area contributed by atoms with Gasteiger partial charge in [0.2, 0.25) is 5.91 Å². The Morgan fingerprint density at radius 1 is 1.30 bits per heavy atom. The number of aromatic nitrogens is 2. The van der Waals surface area contributed by atoms with Crippen LogP contribution in [-0.2, 0) is 22.5 Å². The molecule has 0 spiro atoms. The number of fused-ring (bicyclic) bond motifs is 1. The molecule has 3 heterocycles. The van der Waals surface area contributed by atoms with Crippen LogP contribution in [0.5, 0.6) is 0 Å². The van der Waals surface area contributed by atoms with Crippen LogP contribution >= 0.6 is 0 Å².